The van der Waals surface area contributed by atoms with E-state index >= 15 is 0 Å². The zero-order valence-corrected chi connectivity index (χ0v) is 22.1. The summed E-state index contributed by atoms with van der Waals surface area (Å²) >= 11 is 8.72. The number of nitrogens with one attached hydrogen (secondary N) is 1. The van der Waals surface area contributed by atoms with Gasteiger partial charge < -0.3 is 19.4 Å². The van der Waals surface area contributed by atoms with Gasteiger partial charge in [-0.15, -0.1) is 21.5 Å². The van der Waals surface area contributed by atoms with Gasteiger partial charge in [0.2, 0.25) is 5.91 Å². The number of carbonyl (C=O) groups is 2. The van der Waals surface area contributed by atoms with Gasteiger partial charge in [0.05, 0.1) is 18.4 Å². The highest BCUT2D eigenvalue weighted by molar-refractivity contribution is 7.99. The van der Waals surface area contributed by atoms with E-state index in [4.69, 9.17) is 21.1 Å². The molecule has 0 spiro atoms. The number of aryl methyl sites for hydroxylation is 2. The van der Waals surface area contributed by atoms with Crippen LogP contribution in [0.5, 0.6) is 5.75 Å². The van der Waals surface area contributed by atoms with Gasteiger partial charge in [-0.2, -0.15) is 0 Å². The van der Waals surface area contributed by atoms with Crippen LogP contribution in [0.2, 0.25) is 5.02 Å². The van der Waals surface area contributed by atoms with Crippen LogP contribution in [0.3, 0.4) is 0 Å². The van der Waals surface area contributed by atoms with E-state index in [9.17, 15) is 9.59 Å². The monoisotopic (exact) mass is 522 g/mol. The van der Waals surface area contributed by atoms with Crippen molar-refractivity contribution in [3.05, 3.63) is 50.6 Å². The highest BCUT2D eigenvalue weighted by atomic mass is 35.5. The molecule has 34 heavy (non-hydrogen) atoms. The Hall–Kier alpha value is -2.56. The fourth-order valence-electron chi connectivity index (χ4n) is 3.41. The van der Waals surface area contributed by atoms with Gasteiger partial charge >= 0.3 is 5.97 Å². The van der Waals surface area contributed by atoms with E-state index < -0.39 is 5.97 Å². The summed E-state index contributed by atoms with van der Waals surface area (Å²) in [4.78, 5) is 25.9. The van der Waals surface area contributed by atoms with E-state index in [1.165, 1.54) is 30.2 Å². The van der Waals surface area contributed by atoms with Gasteiger partial charge in [-0.25, -0.2) is 4.79 Å². The van der Waals surface area contributed by atoms with E-state index in [2.05, 4.69) is 15.5 Å². The molecule has 2 heterocycles. The Balaban J connectivity index is 1.65. The number of hydrogen-bond acceptors (Lipinski definition) is 8. The third-order valence-corrected chi connectivity index (χ3v) is 7.60. The Kier molecular flexibility index (Phi) is 8.98. The smallest absolute Gasteiger partial charge is 0.341 e. The van der Waals surface area contributed by atoms with Crippen molar-refractivity contribution in [2.75, 3.05) is 18.2 Å². The van der Waals surface area contributed by atoms with Crippen molar-refractivity contribution in [1.29, 1.82) is 0 Å². The molecule has 0 aliphatic carbocycles. The first-order chi connectivity index (χ1) is 16.3. The van der Waals surface area contributed by atoms with Crippen molar-refractivity contribution in [1.82, 2.24) is 14.8 Å². The second-order valence-electron chi connectivity index (χ2n) is 7.37. The topological polar surface area (TPSA) is 95.3 Å². The van der Waals surface area contributed by atoms with Crippen LogP contribution in [-0.2, 0) is 29.1 Å². The number of nitrogens with zero attached hydrogens (tertiary/aromatic N) is 3. The maximum Gasteiger partial charge on any atom is 0.341 e. The highest BCUT2D eigenvalue weighted by Crippen LogP contribution is 2.34. The number of rotatable bonds is 10. The molecule has 2 aromatic heterocycles. The molecule has 0 atom stereocenters. The van der Waals surface area contributed by atoms with Crippen LogP contribution < -0.4 is 10.1 Å². The van der Waals surface area contributed by atoms with Crippen LogP contribution in [0, 0.1) is 13.8 Å². The average Bonchev–Trinajstić information content (AvgIpc) is 3.36. The molecule has 8 nitrogen and oxygen atoms in total. The first-order valence-electron chi connectivity index (χ1n) is 10.7. The second-order valence-corrected chi connectivity index (χ2v) is 9.94. The summed E-state index contributed by atoms with van der Waals surface area (Å²) in [6, 6.07) is 5.47. The molecule has 3 rings (SSSR count). The number of aromatic nitrogens is 3. The third kappa shape index (κ3) is 5.92. The molecule has 0 saturated carbocycles. The van der Waals surface area contributed by atoms with Crippen LogP contribution in [0.15, 0.2) is 23.4 Å². The first kappa shape index (κ1) is 26.1. The lowest BCUT2D eigenvalue weighted by Gasteiger charge is -2.10. The number of esters is 1. The predicted octanol–water partition coefficient (Wildman–Crippen LogP) is 5.29. The molecule has 0 radical (unpaired) electrons. The first-order valence-corrected chi connectivity index (χ1v) is 12.9. The lowest BCUT2D eigenvalue weighted by Crippen LogP contribution is -2.17. The van der Waals surface area contributed by atoms with E-state index in [0.29, 0.717) is 45.3 Å². The number of anilines is 1. The standard InChI is InChI=1S/C23H27ClN4O4S2/c1-6-16-14(4)34-21(20(16)22(30)31-5)25-19(29)12-33-23-27-26-18(28(23)7-2)11-32-15-8-9-17(24)13(3)10-15/h8-10H,6-7,11-12H2,1-5H3,(H,25,29). The van der Waals surface area contributed by atoms with Crippen LogP contribution >= 0.6 is 34.7 Å². The summed E-state index contributed by atoms with van der Waals surface area (Å²) in [5, 5.41) is 13.1. The quantitative estimate of drug-likeness (QED) is 0.285. The zero-order chi connectivity index (χ0) is 24.8. The summed E-state index contributed by atoms with van der Waals surface area (Å²) in [5.41, 5.74) is 2.26. The lowest BCUT2D eigenvalue weighted by atomic mass is 10.1. The summed E-state index contributed by atoms with van der Waals surface area (Å²) in [5.74, 6) is 0.788. The molecule has 0 fully saturated rings. The molecule has 0 bridgehead atoms. The van der Waals surface area contributed by atoms with Crippen molar-refractivity contribution in [3.8, 4) is 5.75 Å². The largest absolute Gasteiger partial charge is 0.486 e. The number of methoxy groups -OCH3 is 1. The summed E-state index contributed by atoms with van der Waals surface area (Å²) in [7, 11) is 1.34. The molecule has 3 aromatic rings. The van der Waals surface area contributed by atoms with Gasteiger partial charge in [-0.05, 0) is 56.5 Å². The Morgan fingerprint density at radius 3 is 2.65 bits per heavy atom. The van der Waals surface area contributed by atoms with Gasteiger partial charge in [0.25, 0.3) is 0 Å². The molecule has 1 amide bonds. The van der Waals surface area contributed by atoms with E-state index in [0.717, 1.165) is 16.0 Å². The van der Waals surface area contributed by atoms with Crippen LogP contribution in [0.1, 0.15) is 46.0 Å². The fourth-order valence-corrected chi connectivity index (χ4v) is 5.50. The van der Waals surface area contributed by atoms with Crippen LogP contribution in [0.25, 0.3) is 0 Å². The SMILES string of the molecule is CCc1c(C)sc(NC(=O)CSc2nnc(COc3ccc(Cl)c(C)c3)n2CC)c1C(=O)OC. The number of benzene rings is 1. The number of carbonyl (C=O) groups excluding carboxylic acids is 2. The molecule has 0 aliphatic heterocycles. The van der Waals surface area contributed by atoms with Crippen LogP contribution in [0.4, 0.5) is 5.00 Å². The van der Waals surface area contributed by atoms with Crippen molar-refractivity contribution in [2.45, 2.75) is 52.4 Å². The highest BCUT2D eigenvalue weighted by Gasteiger charge is 2.23. The number of ether oxygens (including phenoxy) is 2. The van der Waals surface area contributed by atoms with Gasteiger partial charge in [-0.3, -0.25) is 4.79 Å². The predicted molar refractivity (Wildman–Crippen MR) is 135 cm³/mol. The number of amides is 1. The summed E-state index contributed by atoms with van der Waals surface area (Å²) < 4.78 is 12.7. The maximum atomic E-state index is 12.7. The number of halogens is 1. The molecule has 182 valence electrons. The number of thiophene rings is 1. The zero-order valence-electron chi connectivity index (χ0n) is 19.7. The van der Waals surface area contributed by atoms with Crippen molar-refractivity contribution in [2.24, 2.45) is 0 Å². The van der Waals surface area contributed by atoms with Crippen LogP contribution in [-0.4, -0.2) is 39.5 Å². The maximum absolute atomic E-state index is 12.7. The van der Waals surface area contributed by atoms with Gasteiger partial charge in [0.15, 0.2) is 11.0 Å². The average molecular weight is 523 g/mol. The minimum Gasteiger partial charge on any atom is -0.486 e. The molecular formula is C23H27ClN4O4S2. The molecule has 0 aliphatic rings. The number of thioether (sulfide) groups is 1. The summed E-state index contributed by atoms with van der Waals surface area (Å²) in [6.45, 7) is 8.66. The Morgan fingerprint density at radius 1 is 1.24 bits per heavy atom. The molecule has 1 N–H and O–H groups in total. The molecule has 0 saturated heterocycles. The second kappa shape index (κ2) is 11.7. The van der Waals surface area contributed by atoms with Gasteiger partial charge in [0.1, 0.15) is 17.4 Å². The molecular weight excluding hydrogens is 496 g/mol. The molecule has 0 unspecified atom stereocenters. The Labute approximate surface area is 212 Å². The molecule has 11 heteroatoms. The van der Waals surface area contributed by atoms with Crippen molar-refractivity contribution >= 4 is 51.6 Å². The normalized spacial score (nSPS) is 10.9. The Morgan fingerprint density at radius 2 is 2.00 bits per heavy atom. The van der Waals surface area contributed by atoms with E-state index in [-0.39, 0.29) is 18.3 Å². The van der Waals surface area contributed by atoms with E-state index in [1.54, 1.807) is 12.1 Å². The number of hydrogen-bond donors (Lipinski definition) is 1. The molecule has 1 aromatic carbocycles. The van der Waals surface area contributed by atoms with Crippen molar-refractivity contribution < 1.29 is 19.1 Å². The lowest BCUT2D eigenvalue weighted by molar-refractivity contribution is -0.113. The van der Waals surface area contributed by atoms with Crippen molar-refractivity contribution in [3.63, 3.8) is 0 Å². The Bertz CT molecular complexity index is 1190. The minimum absolute atomic E-state index is 0.119. The van der Waals surface area contributed by atoms with Gasteiger partial charge in [-0.1, -0.05) is 30.3 Å². The fraction of sp³-hybridized carbons (Fsp3) is 0.391. The van der Waals surface area contributed by atoms with Gasteiger partial charge in [0, 0.05) is 16.4 Å². The third-order valence-electron chi connectivity index (χ3n) is 5.14. The minimum atomic E-state index is -0.449. The summed E-state index contributed by atoms with van der Waals surface area (Å²) in [6.07, 6.45) is 0.678. The van der Waals surface area contributed by atoms with E-state index in [1.807, 2.05) is 38.3 Å².